The molecule has 0 heterocycles. The summed E-state index contributed by atoms with van der Waals surface area (Å²) in [7, 11) is 2.57. The molecule has 0 aromatic carbocycles. The molecule has 0 unspecified atom stereocenters. The number of aliphatic hydroxyl groups excluding tert-OH is 1. The van der Waals surface area contributed by atoms with Crippen LogP contribution < -0.4 is 0 Å². The maximum atomic E-state index is 12.1. The molecule has 1 rings (SSSR count). The van der Waals surface area contributed by atoms with Crippen LogP contribution in [-0.2, 0) is 19.1 Å². The van der Waals surface area contributed by atoms with Gasteiger partial charge in [-0.15, -0.1) is 0 Å². The first-order valence-corrected chi connectivity index (χ1v) is 5.51. The lowest BCUT2D eigenvalue weighted by atomic mass is 9.91. The van der Waals surface area contributed by atoms with E-state index in [0.717, 1.165) is 0 Å². The van der Waals surface area contributed by atoms with Crippen molar-refractivity contribution in [2.24, 2.45) is 0 Å². The molecular formula is C13H16O5. The highest BCUT2D eigenvalue weighted by molar-refractivity contribution is 6.24. The average Bonchev–Trinajstić information content (AvgIpc) is 2.34. The van der Waals surface area contributed by atoms with Crippen molar-refractivity contribution in [3.05, 3.63) is 34.5 Å². The summed E-state index contributed by atoms with van der Waals surface area (Å²) < 4.78 is 9.78. The molecule has 1 N–H and O–H groups in total. The third kappa shape index (κ3) is 2.16. The summed E-state index contributed by atoms with van der Waals surface area (Å²) in [6.07, 6.45) is 2.02. The van der Waals surface area contributed by atoms with Crippen LogP contribution in [0.25, 0.3) is 0 Å². The SMILES string of the molecule is CC/C=C(/O)C1=C(C)C(=O)C(OC)=C(OC)C1=O. The number of allylic oxidation sites excluding steroid dienone is 4. The van der Waals surface area contributed by atoms with Gasteiger partial charge in [0.05, 0.1) is 19.8 Å². The Labute approximate surface area is 105 Å². The number of ketones is 2. The smallest absolute Gasteiger partial charge is 0.235 e. The molecule has 0 fully saturated rings. The van der Waals surface area contributed by atoms with Crippen LogP contribution in [0, 0.1) is 0 Å². The summed E-state index contributed by atoms with van der Waals surface area (Å²) >= 11 is 0. The number of Topliss-reactive ketones (excluding diaryl/α,β-unsaturated/α-hetero) is 2. The highest BCUT2D eigenvalue weighted by atomic mass is 16.5. The second kappa shape index (κ2) is 5.53. The highest BCUT2D eigenvalue weighted by Gasteiger charge is 2.36. The minimum absolute atomic E-state index is 0.0282. The molecule has 0 saturated carbocycles. The van der Waals surface area contributed by atoms with Gasteiger partial charge in [0.25, 0.3) is 0 Å². The van der Waals surface area contributed by atoms with E-state index in [1.54, 1.807) is 0 Å². The molecule has 0 atom stereocenters. The van der Waals surface area contributed by atoms with E-state index in [4.69, 9.17) is 9.47 Å². The molecule has 0 amide bonds. The van der Waals surface area contributed by atoms with E-state index < -0.39 is 11.6 Å². The van der Waals surface area contributed by atoms with Gasteiger partial charge in [-0.3, -0.25) is 9.59 Å². The van der Waals surface area contributed by atoms with Gasteiger partial charge in [-0.2, -0.15) is 0 Å². The summed E-state index contributed by atoms with van der Waals surface area (Å²) in [6.45, 7) is 3.29. The monoisotopic (exact) mass is 252 g/mol. The Balaban J connectivity index is 3.40. The van der Waals surface area contributed by atoms with Crippen molar-refractivity contribution < 1.29 is 24.2 Å². The van der Waals surface area contributed by atoms with Crippen molar-refractivity contribution in [3.63, 3.8) is 0 Å². The molecule has 5 nitrogen and oxygen atoms in total. The molecule has 0 bridgehead atoms. The number of carbonyl (C=O) groups excluding carboxylic acids is 2. The fourth-order valence-electron chi connectivity index (χ4n) is 1.75. The number of hydrogen-bond donors (Lipinski definition) is 1. The zero-order valence-corrected chi connectivity index (χ0v) is 10.9. The third-order valence-corrected chi connectivity index (χ3v) is 2.62. The molecule has 0 aliphatic heterocycles. The van der Waals surface area contributed by atoms with Crippen molar-refractivity contribution >= 4 is 11.6 Å². The van der Waals surface area contributed by atoms with Crippen LogP contribution in [0.15, 0.2) is 34.5 Å². The molecule has 0 aromatic rings. The molecule has 98 valence electrons. The van der Waals surface area contributed by atoms with E-state index in [0.29, 0.717) is 6.42 Å². The summed E-state index contributed by atoms with van der Waals surface area (Å²) in [5, 5.41) is 9.82. The van der Waals surface area contributed by atoms with Gasteiger partial charge in [-0.25, -0.2) is 0 Å². The normalized spacial score (nSPS) is 17.4. The third-order valence-electron chi connectivity index (χ3n) is 2.62. The van der Waals surface area contributed by atoms with Crippen LogP contribution in [0.2, 0.25) is 0 Å². The zero-order valence-electron chi connectivity index (χ0n) is 10.9. The van der Waals surface area contributed by atoms with Crippen LogP contribution in [-0.4, -0.2) is 30.9 Å². The molecular weight excluding hydrogens is 236 g/mol. The standard InChI is InChI=1S/C13H16O5/c1-5-6-8(14)9-7(2)10(15)12(17-3)13(18-4)11(9)16/h6,14H,5H2,1-4H3/b8-6+. The van der Waals surface area contributed by atoms with Crippen LogP contribution in [0.4, 0.5) is 0 Å². The van der Waals surface area contributed by atoms with Gasteiger partial charge in [-0.05, 0) is 19.4 Å². The Morgan fingerprint density at radius 2 is 1.67 bits per heavy atom. The van der Waals surface area contributed by atoms with Crippen LogP contribution in [0.3, 0.4) is 0 Å². The lowest BCUT2D eigenvalue weighted by molar-refractivity contribution is -0.121. The number of rotatable bonds is 4. The molecule has 1 aliphatic carbocycles. The van der Waals surface area contributed by atoms with Gasteiger partial charge in [0.15, 0.2) is 0 Å². The highest BCUT2D eigenvalue weighted by Crippen LogP contribution is 2.28. The van der Waals surface area contributed by atoms with Gasteiger partial charge in [0, 0.05) is 5.57 Å². The number of aliphatic hydroxyl groups is 1. The number of methoxy groups -OCH3 is 2. The van der Waals surface area contributed by atoms with Gasteiger partial charge in [0.1, 0.15) is 5.76 Å². The second-order valence-electron chi connectivity index (χ2n) is 3.72. The van der Waals surface area contributed by atoms with Crippen molar-refractivity contribution in [2.45, 2.75) is 20.3 Å². The maximum absolute atomic E-state index is 12.1. The molecule has 0 spiro atoms. The Kier molecular flexibility index (Phi) is 4.31. The number of carbonyl (C=O) groups is 2. The van der Waals surface area contributed by atoms with Crippen molar-refractivity contribution in [1.29, 1.82) is 0 Å². The minimum atomic E-state index is -0.548. The Morgan fingerprint density at radius 1 is 1.17 bits per heavy atom. The quantitative estimate of drug-likeness (QED) is 0.610. The lowest BCUT2D eigenvalue weighted by Crippen LogP contribution is -2.25. The molecule has 5 heteroatoms. The van der Waals surface area contributed by atoms with Crippen LogP contribution >= 0.6 is 0 Å². The van der Waals surface area contributed by atoms with Gasteiger partial charge < -0.3 is 14.6 Å². The van der Waals surface area contributed by atoms with E-state index in [1.807, 2.05) is 6.92 Å². The maximum Gasteiger partial charge on any atom is 0.235 e. The largest absolute Gasteiger partial charge is 0.508 e. The fourth-order valence-corrected chi connectivity index (χ4v) is 1.75. The predicted molar refractivity (Wildman–Crippen MR) is 64.8 cm³/mol. The summed E-state index contributed by atoms with van der Waals surface area (Å²) in [4.78, 5) is 24.1. The fraction of sp³-hybridized carbons (Fsp3) is 0.385. The van der Waals surface area contributed by atoms with E-state index in [9.17, 15) is 14.7 Å². The topological polar surface area (TPSA) is 72.8 Å². The first-order chi connectivity index (χ1) is 8.49. The summed E-state index contributed by atoms with van der Waals surface area (Å²) in [5.74, 6) is -1.53. The van der Waals surface area contributed by atoms with Gasteiger partial charge >= 0.3 is 0 Å². The first kappa shape index (κ1) is 14.0. The van der Waals surface area contributed by atoms with Crippen molar-refractivity contribution in [1.82, 2.24) is 0 Å². The molecule has 18 heavy (non-hydrogen) atoms. The van der Waals surface area contributed by atoms with Gasteiger partial charge in [-0.1, -0.05) is 6.92 Å². The summed E-state index contributed by atoms with van der Waals surface area (Å²) in [5.41, 5.74) is 0.124. The number of ether oxygens (including phenoxy) is 2. The molecule has 1 aliphatic rings. The van der Waals surface area contributed by atoms with E-state index >= 15 is 0 Å². The lowest BCUT2D eigenvalue weighted by Gasteiger charge is -2.19. The van der Waals surface area contributed by atoms with Crippen LogP contribution in [0.1, 0.15) is 20.3 Å². The summed E-state index contributed by atoms with van der Waals surface area (Å²) in [6, 6.07) is 0. The Morgan fingerprint density at radius 3 is 2.11 bits per heavy atom. The minimum Gasteiger partial charge on any atom is -0.508 e. The molecule has 0 radical (unpaired) electrons. The number of hydrogen-bond acceptors (Lipinski definition) is 5. The first-order valence-electron chi connectivity index (χ1n) is 5.51. The molecule has 0 aromatic heterocycles. The van der Waals surface area contributed by atoms with Crippen molar-refractivity contribution in [3.8, 4) is 0 Å². The Hall–Kier alpha value is -2.04. The Bertz CT molecular complexity index is 480. The van der Waals surface area contributed by atoms with Crippen LogP contribution in [0.5, 0.6) is 0 Å². The average molecular weight is 252 g/mol. The zero-order chi connectivity index (χ0) is 13.9. The predicted octanol–water partition coefficient (Wildman–Crippen LogP) is 1.81. The van der Waals surface area contributed by atoms with E-state index in [-0.39, 0.29) is 28.4 Å². The second-order valence-corrected chi connectivity index (χ2v) is 3.72. The van der Waals surface area contributed by atoms with E-state index in [2.05, 4.69) is 0 Å². The van der Waals surface area contributed by atoms with E-state index in [1.165, 1.54) is 27.2 Å². The van der Waals surface area contributed by atoms with Gasteiger partial charge in [0.2, 0.25) is 23.1 Å². The van der Waals surface area contributed by atoms with Crippen molar-refractivity contribution in [2.75, 3.05) is 14.2 Å². The molecule has 0 saturated heterocycles.